The summed E-state index contributed by atoms with van der Waals surface area (Å²) in [6.07, 6.45) is 5.09. The molecule has 2 aromatic heterocycles. The standard InChI is InChI=1S/C21H32N6O3/c1-17-15-22-9-10-27(17)20-21(25-8-7-24-20)30-14-13-29-19-5-4-6-23-18(19)16-28-12-11-26(2)3/h4-8,17,22H,9-16H2,1-3H3/t17-/m1/s1. The van der Waals surface area contributed by atoms with Gasteiger partial charge in [0.1, 0.15) is 24.7 Å². The second-order valence-electron chi connectivity index (χ2n) is 7.43. The summed E-state index contributed by atoms with van der Waals surface area (Å²) in [4.78, 5) is 17.6. The minimum absolute atomic E-state index is 0.333. The van der Waals surface area contributed by atoms with Crippen molar-refractivity contribution in [3.05, 3.63) is 36.4 Å². The lowest BCUT2D eigenvalue weighted by Gasteiger charge is -2.35. The Balaban J connectivity index is 1.50. The van der Waals surface area contributed by atoms with Gasteiger partial charge in [-0.05, 0) is 33.2 Å². The van der Waals surface area contributed by atoms with Gasteiger partial charge in [-0.25, -0.2) is 9.97 Å². The molecule has 9 nitrogen and oxygen atoms in total. The summed E-state index contributed by atoms with van der Waals surface area (Å²) < 4.78 is 17.5. The van der Waals surface area contributed by atoms with E-state index in [-0.39, 0.29) is 0 Å². The first-order valence-corrected chi connectivity index (χ1v) is 10.4. The van der Waals surface area contributed by atoms with Crippen LogP contribution >= 0.6 is 0 Å². The zero-order valence-corrected chi connectivity index (χ0v) is 18.1. The summed E-state index contributed by atoms with van der Waals surface area (Å²) in [6.45, 7) is 7.54. The summed E-state index contributed by atoms with van der Waals surface area (Å²) in [5.41, 5.74) is 0.783. The average molecular weight is 417 g/mol. The molecule has 1 aliphatic heterocycles. The zero-order chi connectivity index (χ0) is 21.2. The molecule has 1 saturated heterocycles. The fraction of sp³-hybridized carbons (Fsp3) is 0.571. The van der Waals surface area contributed by atoms with Gasteiger partial charge in [-0.3, -0.25) is 4.98 Å². The van der Waals surface area contributed by atoms with Crippen molar-refractivity contribution in [2.45, 2.75) is 19.6 Å². The van der Waals surface area contributed by atoms with Gasteiger partial charge >= 0.3 is 0 Å². The number of likely N-dealkylation sites (N-methyl/N-ethyl adjacent to an activating group) is 1. The molecule has 0 aromatic carbocycles. The van der Waals surface area contributed by atoms with E-state index in [0.717, 1.165) is 37.7 Å². The van der Waals surface area contributed by atoms with Crippen LogP contribution in [0.2, 0.25) is 0 Å². The van der Waals surface area contributed by atoms with Crippen LogP contribution in [0.4, 0.5) is 5.82 Å². The number of hydrogen-bond donors (Lipinski definition) is 1. The first kappa shape index (κ1) is 22.2. The number of pyridine rings is 1. The molecular formula is C21H32N6O3. The third-order valence-corrected chi connectivity index (χ3v) is 4.77. The van der Waals surface area contributed by atoms with Crippen LogP contribution in [0.15, 0.2) is 30.7 Å². The fourth-order valence-corrected chi connectivity index (χ4v) is 3.14. The van der Waals surface area contributed by atoms with Crippen LogP contribution in [0, 0.1) is 0 Å². The Kier molecular flexibility index (Phi) is 8.61. The number of nitrogens with one attached hydrogen (secondary N) is 1. The monoisotopic (exact) mass is 416 g/mol. The number of hydrogen-bond acceptors (Lipinski definition) is 9. The Morgan fingerprint density at radius 3 is 2.77 bits per heavy atom. The Bertz CT molecular complexity index is 776. The number of piperazine rings is 1. The van der Waals surface area contributed by atoms with E-state index < -0.39 is 0 Å². The first-order chi connectivity index (χ1) is 14.6. The Hall–Kier alpha value is -2.49. The van der Waals surface area contributed by atoms with Crippen LogP contribution in [-0.2, 0) is 11.3 Å². The highest BCUT2D eigenvalue weighted by Gasteiger charge is 2.23. The maximum atomic E-state index is 5.91. The minimum atomic E-state index is 0.333. The molecule has 2 aromatic rings. The minimum Gasteiger partial charge on any atom is -0.488 e. The molecule has 0 aliphatic carbocycles. The van der Waals surface area contributed by atoms with Crippen LogP contribution in [0.5, 0.6) is 11.6 Å². The van der Waals surface area contributed by atoms with Crippen LogP contribution in [0.25, 0.3) is 0 Å². The van der Waals surface area contributed by atoms with Gasteiger partial charge in [0.15, 0.2) is 5.82 Å². The van der Waals surface area contributed by atoms with Crippen molar-refractivity contribution >= 4 is 5.82 Å². The van der Waals surface area contributed by atoms with E-state index in [4.69, 9.17) is 14.2 Å². The quantitative estimate of drug-likeness (QED) is 0.543. The fourth-order valence-electron chi connectivity index (χ4n) is 3.14. The molecule has 164 valence electrons. The molecule has 0 amide bonds. The third kappa shape index (κ3) is 6.51. The van der Waals surface area contributed by atoms with Crippen molar-refractivity contribution < 1.29 is 14.2 Å². The predicted octanol–water partition coefficient (Wildman–Crippen LogP) is 1.21. The van der Waals surface area contributed by atoms with Gasteiger partial charge < -0.3 is 29.3 Å². The maximum absolute atomic E-state index is 5.91. The topological polar surface area (TPSA) is 84.9 Å². The van der Waals surface area contributed by atoms with Crippen molar-refractivity contribution in [1.29, 1.82) is 0 Å². The van der Waals surface area contributed by atoms with Crippen LogP contribution in [0.1, 0.15) is 12.6 Å². The Labute approximate surface area is 178 Å². The molecule has 0 bridgehead atoms. The van der Waals surface area contributed by atoms with E-state index >= 15 is 0 Å². The molecule has 9 heteroatoms. The summed E-state index contributed by atoms with van der Waals surface area (Å²) in [5, 5.41) is 3.38. The first-order valence-electron chi connectivity index (χ1n) is 10.4. The lowest BCUT2D eigenvalue weighted by molar-refractivity contribution is 0.0999. The maximum Gasteiger partial charge on any atom is 0.257 e. The Morgan fingerprint density at radius 2 is 1.93 bits per heavy atom. The summed E-state index contributed by atoms with van der Waals surface area (Å²) in [6, 6.07) is 4.08. The van der Waals surface area contributed by atoms with Crippen LogP contribution in [-0.4, -0.2) is 86.0 Å². The highest BCUT2D eigenvalue weighted by atomic mass is 16.5. The number of nitrogens with zero attached hydrogens (tertiary/aromatic N) is 5. The number of ether oxygens (including phenoxy) is 3. The normalized spacial score (nSPS) is 16.7. The molecule has 1 atom stereocenters. The highest BCUT2D eigenvalue weighted by molar-refractivity contribution is 5.49. The molecule has 1 aliphatic rings. The molecule has 1 N–H and O–H groups in total. The molecular weight excluding hydrogens is 384 g/mol. The molecule has 0 saturated carbocycles. The number of aromatic nitrogens is 3. The SMILES string of the molecule is C[C@@H]1CNCCN1c1nccnc1OCCOc1cccnc1COCCN(C)C. The van der Waals surface area contributed by atoms with Crippen molar-refractivity contribution in [2.24, 2.45) is 0 Å². The van der Waals surface area contributed by atoms with Crippen molar-refractivity contribution in [3.8, 4) is 11.6 Å². The second kappa shape index (κ2) is 11.6. The molecule has 0 radical (unpaired) electrons. The summed E-state index contributed by atoms with van der Waals surface area (Å²) in [5.74, 6) is 2.03. The van der Waals surface area contributed by atoms with Gasteiger partial charge in [0.2, 0.25) is 0 Å². The third-order valence-electron chi connectivity index (χ3n) is 4.77. The van der Waals surface area contributed by atoms with Gasteiger partial charge in [-0.2, -0.15) is 0 Å². The van der Waals surface area contributed by atoms with Gasteiger partial charge in [0, 0.05) is 50.8 Å². The van der Waals surface area contributed by atoms with Crippen molar-refractivity contribution in [3.63, 3.8) is 0 Å². The van der Waals surface area contributed by atoms with Crippen molar-refractivity contribution in [1.82, 2.24) is 25.2 Å². The molecule has 1 fully saturated rings. The lowest BCUT2D eigenvalue weighted by atomic mass is 10.2. The summed E-state index contributed by atoms with van der Waals surface area (Å²) >= 11 is 0. The number of anilines is 1. The van der Waals surface area contributed by atoms with E-state index in [9.17, 15) is 0 Å². The zero-order valence-electron chi connectivity index (χ0n) is 18.1. The van der Waals surface area contributed by atoms with E-state index in [2.05, 4.69) is 37.0 Å². The largest absolute Gasteiger partial charge is 0.488 e. The van der Waals surface area contributed by atoms with E-state index in [0.29, 0.717) is 44.1 Å². The summed E-state index contributed by atoms with van der Waals surface area (Å²) in [7, 11) is 4.04. The van der Waals surface area contributed by atoms with Gasteiger partial charge in [-0.15, -0.1) is 0 Å². The van der Waals surface area contributed by atoms with E-state index in [1.54, 1.807) is 18.6 Å². The van der Waals surface area contributed by atoms with Gasteiger partial charge in [0.25, 0.3) is 5.88 Å². The van der Waals surface area contributed by atoms with Crippen LogP contribution in [0.3, 0.4) is 0 Å². The van der Waals surface area contributed by atoms with Gasteiger partial charge in [-0.1, -0.05) is 0 Å². The number of rotatable bonds is 11. The predicted molar refractivity (Wildman–Crippen MR) is 115 cm³/mol. The molecule has 30 heavy (non-hydrogen) atoms. The van der Waals surface area contributed by atoms with Gasteiger partial charge in [0.05, 0.1) is 13.2 Å². The smallest absolute Gasteiger partial charge is 0.257 e. The lowest BCUT2D eigenvalue weighted by Crippen LogP contribution is -2.50. The van der Waals surface area contributed by atoms with E-state index in [1.165, 1.54) is 0 Å². The highest BCUT2D eigenvalue weighted by Crippen LogP contribution is 2.25. The molecule has 3 heterocycles. The molecule has 0 unspecified atom stereocenters. The van der Waals surface area contributed by atoms with E-state index in [1.807, 2.05) is 26.2 Å². The van der Waals surface area contributed by atoms with Crippen molar-refractivity contribution in [2.75, 3.05) is 65.0 Å². The second-order valence-corrected chi connectivity index (χ2v) is 7.43. The van der Waals surface area contributed by atoms with Crippen LogP contribution < -0.4 is 19.7 Å². The average Bonchev–Trinajstić information content (AvgIpc) is 2.76. The molecule has 3 rings (SSSR count). The molecule has 0 spiro atoms. The Morgan fingerprint density at radius 1 is 1.10 bits per heavy atom.